The highest BCUT2D eigenvalue weighted by molar-refractivity contribution is 5.78. The first-order valence-corrected chi connectivity index (χ1v) is 31.5. The van der Waals surface area contributed by atoms with Gasteiger partial charge in [-0.3, -0.25) is 9.59 Å². The summed E-state index contributed by atoms with van der Waals surface area (Å²) in [6.07, 6.45) is -69.7. The number of hydrogen-bond donors (Lipinski definition) is 5. The quantitative estimate of drug-likeness (QED) is 0.100. The number of esters is 2. The van der Waals surface area contributed by atoms with Gasteiger partial charge in [0.25, 0.3) is 22.4 Å². The predicted molar refractivity (Wildman–Crippen MR) is 288 cm³/mol. The van der Waals surface area contributed by atoms with Crippen molar-refractivity contribution in [2.45, 2.75) is 280 Å². The second-order valence-electron chi connectivity index (χ2n) is 28.8. The molecule has 14 unspecified atom stereocenters. The van der Waals surface area contributed by atoms with Crippen molar-refractivity contribution in [3.63, 3.8) is 0 Å². The number of halogens is 33. The monoisotopic (exact) mass is 1570 g/mol. The van der Waals surface area contributed by atoms with E-state index < -0.39 is 186 Å². The minimum Gasteiger partial charge on any atom is -0.462 e. The molecule has 6 aliphatic rings. The van der Waals surface area contributed by atoms with Gasteiger partial charge in [0.15, 0.2) is 16.4 Å². The van der Waals surface area contributed by atoms with Crippen LogP contribution in [0, 0.1) is 81.8 Å². The molecule has 4 bridgehead atoms. The summed E-state index contributed by atoms with van der Waals surface area (Å²) < 4.78 is 431. The van der Waals surface area contributed by atoms with Crippen molar-refractivity contribution in [2.75, 3.05) is 0 Å². The van der Waals surface area contributed by atoms with Crippen molar-refractivity contribution < 1.29 is 189 Å². The van der Waals surface area contributed by atoms with Crippen molar-refractivity contribution in [3.8, 4) is 0 Å². The van der Waals surface area contributed by atoms with Gasteiger partial charge in [0.2, 0.25) is 0 Å². The Balaban J connectivity index is 0.000000463. The van der Waals surface area contributed by atoms with Crippen LogP contribution in [0.15, 0.2) is 0 Å². The van der Waals surface area contributed by atoms with Gasteiger partial charge in [0.1, 0.15) is 11.7 Å². The van der Waals surface area contributed by atoms with Gasteiger partial charge in [0, 0.05) is 11.8 Å². The number of rotatable bonds is 11. The molecule has 0 amide bonds. The van der Waals surface area contributed by atoms with Crippen molar-refractivity contribution in [2.24, 2.45) is 81.8 Å². The average Bonchev–Trinajstić information content (AvgIpc) is 1.31. The maximum Gasteiger partial charge on any atom is 0.426 e. The van der Waals surface area contributed by atoms with E-state index in [4.69, 9.17) is 9.84 Å². The van der Waals surface area contributed by atoms with Crippen molar-refractivity contribution >= 4 is 11.9 Å². The molecular weight excluding hydrogens is 1490 g/mol. The summed E-state index contributed by atoms with van der Waals surface area (Å²) in [5.41, 5.74) is -30.3. The largest absolute Gasteiger partial charge is 0.462 e. The molecule has 606 valence electrons. The number of carbonyl (C=O) groups excluding carboxylic acids is 2. The molecule has 0 saturated heterocycles. The van der Waals surface area contributed by atoms with Crippen LogP contribution in [-0.4, -0.2) is 145 Å². The number of alkyl halides is 33. The lowest BCUT2D eigenvalue weighted by Crippen LogP contribution is -2.67. The fourth-order valence-electron chi connectivity index (χ4n) is 14.3. The molecule has 6 aliphatic carbocycles. The van der Waals surface area contributed by atoms with E-state index in [1.807, 2.05) is 27.7 Å². The van der Waals surface area contributed by atoms with Crippen LogP contribution in [-0.2, 0) is 19.1 Å². The maximum absolute atomic E-state index is 13.3. The van der Waals surface area contributed by atoms with E-state index in [2.05, 4.69) is 4.74 Å². The van der Waals surface area contributed by atoms with E-state index in [1.54, 1.807) is 13.8 Å². The molecule has 0 aliphatic heterocycles. The van der Waals surface area contributed by atoms with E-state index >= 15 is 0 Å². The third-order valence-electron chi connectivity index (χ3n) is 22.4. The zero-order valence-corrected chi connectivity index (χ0v) is 56.0. The number of hydrogen-bond acceptors (Lipinski definition) is 9. The molecule has 0 aromatic carbocycles. The molecule has 0 spiro atoms. The molecule has 0 aromatic rings. The summed E-state index contributed by atoms with van der Waals surface area (Å²) in [5.74, 6) is -11.2. The molecule has 0 heterocycles. The van der Waals surface area contributed by atoms with Crippen LogP contribution in [0.1, 0.15) is 172 Å². The lowest BCUT2D eigenvalue weighted by atomic mass is 9.65. The van der Waals surface area contributed by atoms with E-state index in [-0.39, 0.29) is 62.2 Å². The molecule has 6 saturated carbocycles. The van der Waals surface area contributed by atoms with E-state index in [0.29, 0.717) is 31.1 Å². The Labute approximate surface area is 562 Å². The van der Waals surface area contributed by atoms with Crippen LogP contribution in [0.5, 0.6) is 0 Å². The lowest BCUT2D eigenvalue weighted by molar-refractivity contribution is -0.405. The lowest BCUT2D eigenvalue weighted by Gasteiger charge is -2.48. The van der Waals surface area contributed by atoms with Crippen LogP contribution in [0.4, 0.5) is 145 Å². The Morgan fingerprint density at radius 2 is 0.775 bits per heavy atom. The van der Waals surface area contributed by atoms with Crippen LogP contribution in [0.3, 0.4) is 0 Å². The molecule has 6 fully saturated rings. The van der Waals surface area contributed by atoms with Gasteiger partial charge in [-0.25, -0.2) is 0 Å². The van der Waals surface area contributed by atoms with Gasteiger partial charge in [0.05, 0.1) is 0 Å². The standard InChI is InChI=1S/C18H19F15O4.C15H25F3O2.C13H18F6O.C10H15F3O.C4H4F6O/c1-3-11(2,14(19,20)21)10(34)37-9-5-7(12(35,15(22,23)24)16(25,26)27)4-8(6-9)13(36,17(28,29)30)18(31,32)33;1-5-14(4,15(16,17)18)12(19)20-13(2,3)11-9-7-6-8-10-11;1-6-7(2)10-4-8(6)3-9(10)5-11(20,12(14,15)16)13(17,18)19;1-5-6(2)8-3-7(5)4-9(8,14)10(11,12)13;1-2(11,3(5,6)7)4(8,9)10/h7-9,35-36H,3-6H2,1-2H3;11H,5-10H2,1-4H3;6-10,20H,3-5H2,1-2H3;5-8,14H,3-4H2,1-2H3;11H,1H3. The SMILES string of the molecule is CC(O)(C(F)(F)F)C(F)(F)F.CC1C2CC(C1C)C(O)(C(F)(F)F)C2.CC1C2CC(CC(O)(C(F)(F)F)C(F)(F)F)C(C2)C1C.CCC(C)(C(=O)OC(C)(C)C1CCCCC1)C(F)(F)F.CCC(C)(C(=O)OC1CC(C(O)(C(F)(F)F)C(F)(F)F)CC(C(O)(C(F)(F)F)C(F)(F)F)C1)C(F)(F)F. The smallest absolute Gasteiger partial charge is 0.426 e. The average molecular weight is 1570 g/mol. The maximum atomic E-state index is 13.3. The zero-order chi connectivity index (χ0) is 81.2. The Morgan fingerprint density at radius 1 is 0.412 bits per heavy atom. The molecule has 0 radical (unpaired) electrons. The van der Waals surface area contributed by atoms with Gasteiger partial charge in [-0.2, -0.15) is 145 Å². The molecular formula is C60H81F33O9. The Morgan fingerprint density at radius 3 is 1.05 bits per heavy atom. The summed E-state index contributed by atoms with van der Waals surface area (Å²) in [7, 11) is 0. The second kappa shape index (κ2) is 30.5. The fraction of sp³-hybridized carbons (Fsp3) is 0.967. The van der Waals surface area contributed by atoms with Crippen LogP contribution in [0.25, 0.3) is 0 Å². The fourth-order valence-corrected chi connectivity index (χ4v) is 14.3. The van der Waals surface area contributed by atoms with Gasteiger partial charge in [-0.1, -0.05) is 60.8 Å². The van der Waals surface area contributed by atoms with E-state index in [0.717, 1.165) is 46.0 Å². The summed E-state index contributed by atoms with van der Waals surface area (Å²) in [4.78, 5) is 24.2. The normalized spacial score (nSPS) is 29.7. The van der Waals surface area contributed by atoms with Gasteiger partial charge in [-0.05, 0) is 171 Å². The summed E-state index contributed by atoms with van der Waals surface area (Å²) in [5, 5.41) is 46.0. The highest BCUT2D eigenvalue weighted by atomic mass is 19.5. The summed E-state index contributed by atoms with van der Waals surface area (Å²) >= 11 is 0. The first kappa shape index (κ1) is 94.5. The molecule has 5 N–H and O–H groups in total. The second-order valence-corrected chi connectivity index (χ2v) is 28.8. The van der Waals surface area contributed by atoms with Gasteiger partial charge >= 0.3 is 79.9 Å². The third kappa shape index (κ3) is 18.7. The highest BCUT2D eigenvalue weighted by Crippen LogP contribution is 2.64. The van der Waals surface area contributed by atoms with E-state index in [9.17, 15) is 175 Å². The first-order chi connectivity index (χ1) is 44.7. The third-order valence-corrected chi connectivity index (χ3v) is 22.4. The number of fused-ring (bicyclic) bond motifs is 4. The van der Waals surface area contributed by atoms with Crippen molar-refractivity contribution in [1.82, 2.24) is 0 Å². The predicted octanol–water partition coefficient (Wildman–Crippen LogP) is 19.5. The van der Waals surface area contributed by atoms with Gasteiger partial charge in [-0.15, -0.1) is 0 Å². The van der Waals surface area contributed by atoms with Crippen LogP contribution < -0.4 is 0 Å². The Kier molecular flexibility index (Phi) is 28.2. The molecule has 6 rings (SSSR count). The van der Waals surface area contributed by atoms with Crippen molar-refractivity contribution in [1.29, 1.82) is 0 Å². The molecule has 0 aromatic heterocycles. The molecule has 42 heteroatoms. The Bertz CT molecular complexity index is 2620. The topological polar surface area (TPSA) is 154 Å². The van der Waals surface area contributed by atoms with Gasteiger partial charge < -0.3 is 35.0 Å². The molecule has 9 nitrogen and oxygen atoms in total. The zero-order valence-electron chi connectivity index (χ0n) is 56.0. The summed E-state index contributed by atoms with van der Waals surface area (Å²) in [6, 6.07) is 0. The molecule has 102 heavy (non-hydrogen) atoms. The summed E-state index contributed by atoms with van der Waals surface area (Å²) in [6.45, 7) is 14.0. The minimum atomic E-state index is -6.77. The van der Waals surface area contributed by atoms with E-state index in [1.165, 1.54) is 6.92 Å². The highest BCUT2D eigenvalue weighted by Gasteiger charge is 2.79. The number of carbonyl (C=O) groups is 2. The van der Waals surface area contributed by atoms with Crippen molar-refractivity contribution in [3.05, 3.63) is 0 Å². The number of ether oxygens (including phenoxy) is 2. The minimum absolute atomic E-state index is 0.0135. The van der Waals surface area contributed by atoms with Crippen LogP contribution >= 0.6 is 0 Å². The van der Waals surface area contributed by atoms with Crippen LogP contribution in [0.2, 0.25) is 0 Å². The molecule has 14 atom stereocenters. The Hall–Kier alpha value is -3.57. The first-order valence-electron chi connectivity index (χ1n) is 31.5. The number of aliphatic hydroxyl groups is 5.